The summed E-state index contributed by atoms with van der Waals surface area (Å²) in [7, 11) is 0. The van der Waals surface area contributed by atoms with Gasteiger partial charge >= 0.3 is 5.97 Å². The van der Waals surface area contributed by atoms with Crippen LogP contribution in [0.2, 0.25) is 0 Å². The van der Waals surface area contributed by atoms with Gasteiger partial charge in [-0.1, -0.05) is 6.92 Å². The molecule has 21 heavy (non-hydrogen) atoms. The molecule has 2 aromatic rings. The summed E-state index contributed by atoms with van der Waals surface area (Å²) in [5.41, 5.74) is 3.27. The lowest BCUT2D eigenvalue weighted by Gasteiger charge is -2.14. The van der Waals surface area contributed by atoms with Crippen LogP contribution < -0.4 is 0 Å². The van der Waals surface area contributed by atoms with E-state index in [9.17, 15) is 9.59 Å². The monoisotopic (exact) mass is 286 g/mol. The fourth-order valence-corrected chi connectivity index (χ4v) is 2.41. The molecule has 3 heterocycles. The molecule has 0 radical (unpaired) electrons. The van der Waals surface area contributed by atoms with Gasteiger partial charge in [-0.2, -0.15) is 5.10 Å². The summed E-state index contributed by atoms with van der Waals surface area (Å²) < 4.78 is 0. The molecule has 0 saturated heterocycles. The van der Waals surface area contributed by atoms with E-state index in [1.807, 2.05) is 6.92 Å². The molecule has 0 bridgehead atoms. The Morgan fingerprint density at radius 1 is 1.38 bits per heavy atom. The van der Waals surface area contributed by atoms with Crippen LogP contribution in [0.1, 0.15) is 35.0 Å². The quantitative estimate of drug-likeness (QED) is 0.889. The first-order chi connectivity index (χ1) is 10.1. The number of aromatic nitrogens is 3. The molecular weight excluding hydrogens is 272 g/mol. The maximum absolute atomic E-state index is 11.8. The topological polar surface area (TPSA) is 99.2 Å². The summed E-state index contributed by atoms with van der Waals surface area (Å²) in [5, 5.41) is 16.0. The Bertz CT molecular complexity index is 706. The van der Waals surface area contributed by atoms with Gasteiger partial charge in [0.1, 0.15) is 5.69 Å². The molecule has 0 unspecified atom stereocenters. The Labute approximate surface area is 120 Å². The van der Waals surface area contributed by atoms with Crippen molar-refractivity contribution in [2.75, 3.05) is 0 Å². The maximum Gasteiger partial charge on any atom is 0.337 e. The van der Waals surface area contributed by atoms with E-state index in [2.05, 4.69) is 15.2 Å². The van der Waals surface area contributed by atoms with Crippen LogP contribution >= 0.6 is 0 Å². The van der Waals surface area contributed by atoms with Crippen LogP contribution in [-0.4, -0.2) is 37.1 Å². The van der Waals surface area contributed by atoms with Crippen molar-refractivity contribution in [3.05, 3.63) is 35.2 Å². The summed E-state index contributed by atoms with van der Waals surface area (Å²) in [5.74, 6) is -0.916. The molecular formula is C14H14N4O3. The van der Waals surface area contributed by atoms with Crippen molar-refractivity contribution in [3.63, 3.8) is 0 Å². The molecule has 1 amide bonds. The number of aromatic amines is 1. The van der Waals surface area contributed by atoms with E-state index in [-0.39, 0.29) is 11.5 Å². The number of carbonyl (C=O) groups is 2. The number of fused-ring (bicyclic) bond motifs is 1. The number of nitrogens with one attached hydrogen (secondary N) is 1. The Morgan fingerprint density at radius 3 is 2.81 bits per heavy atom. The van der Waals surface area contributed by atoms with Gasteiger partial charge in [0, 0.05) is 18.2 Å². The third-order valence-electron chi connectivity index (χ3n) is 3.56. The number of amides is 1. The minimum absolute atomic E-state index is 0.0970. The van der Waals surface area contributed by atoms with E-state index in [1.54, 1.807) is 11.0 Å². The van der Waals surface area contributed by atoms with Crippen molar-refractivity contribution in [2.45, 2.75) is 26.4 Å². The predicted octanol–water partition coefficient (Wildman–Crippen LogP) is 1.42. The van der Waals surface area contributed by atoms with Crippen LogP contribution in [0.25, 0.3) is 11.4 Å². The second kappa shape index (κ2) is 5.01. The molecule has 2 aromatic heterocycles. The van der Waals surface area contributed by atoms with Gasteiger partial charge in [-0.3, -0.25) is 14.9 Å². The summed E-state index contributed by atoms with van der Waals surface area (Å²) in [4.78, 5) is 28.5. The van der Waals surface area contributed by atoms with Crippen LogP contribution in [0.4, 0.5) is 0 Å². The zero-order chi connectivity index (χ0) is 15.0. The highest BCUT2D eigenvalue weighted by Gasteiger charge is 2.28. The van der Waals surface area contributed by atoms with E-state index in [0.29, 0.717) is 30.9 Å². The number of carboxylic acid groups (broad SMARTS) is 1. The van der Waals surface area contributed by atoms with Crippen LogP contribution in [0.5, 0.6) is 0 Å². The Balaban J connectivity index is 1.89. The maximum atomic E-state index is 11.8. The third kappa shape index (κ3) is 2.26. The molecule has 108 valence electrons. The first kappa shape index (κ1) is 13.3. The van der Waals surface area contributed by atoms with Crippen LogP contribution in [-0.2, 0) is 17.9 Å². The Morgan fingerprint density at radius 2 is 2.19 bits per heavy atom. The minimum Gasteiger partial charge on any atom is -0.478 e. The SMILES string of the molecule is CCC(=O)N1Cc2[nH]nc(-c3ccc(C(=O)O)cn3)c2C1. The smallest absolute Gasteiger partial charge is 0.337 e. The minimum atomic E-state index is -1.01. The van der Waals surface area contributed by atoms with E-state index in [1.165, 1.54) is 12.3 Å². The van der Waals surface area contributed by atoms with Gasteiger partial charge in [-0.25, -0.2) is 4.79 Å². The summed E-state index contributed by atoms with van der Waals surface area (Å²) in [6.45, 7) is 2.87. The zero-order valence-corrected chi connectivity index (χ0v) is 11.5. The molecule has 2 N–H and O–H groups in total. The lowest BCUT2D eigenvalue weighted by Crippen LogP contribution is -2.24. The van der Waals surface area contributed by atoms with Gasteiger partial charge in [0.15, 0.2) is 0 Å². The second-order valence-corrected chi connectivity index (χ2v) is 4.87. The number of nitrogens with zero attached hydrogens (tertiary/aromatic N) is 3. The molecule has 0 fully saturated rings. The molecule has 0 aromatic carbocycles. The molecule has 0 atom stereocenters. The standard InChI is InChI=1S/C14H14N4O3/c1-2-12(19)18-6-9-11(7-18)16-17-13(9)10-4-3-8(5-15-10)14(20)21/h3-5H,2,6-7H2,1H3,(H,16,17)(H,20,21). The number of H-pyrrole nitrogens is 1. The lowest BCUT2D eigenvalue weighted by molar-refractivity contribution is -0.131. The number of carbonyl (C=O) groups excluding carboxylic acids is 1. The van der Waals surface area contributed by atoms with Crippen molar-refractivity contribution in [3.8, 4) is 11.4 Å². The van der Waals surface area contributed by atoms with E-state index in [4.69, 9.17) is 5.11 Å². The van der Waals surface area contributed by atoms with Crippen molar-refractivity contribution in [1.82, 2.24) is 20.1 Å². The average molecular weight is 286 g/mol. The first-order valence-corrected chi connectivity index (χ1v) is 6.63. The lowest BCUT2D eigenvalue weighted by atomic mass is 10.1. The van der Waals surface area contributed by atoms with Gasteiger partial charge in [-0.15, -0.1) is 0 Å². The number of hydrogen-bond acceptors (Lipinski definition) is 4. The van der Waals surface area contributed by atoms with Gasteiger partial charge in [0.05, 0.1) is 30.0 Å². The molecule has 3 rings (SSSR count). The van der Waals surface area contributed by atoms with Crippen LogP contribution in [0, 0.1) is 0 Å². The normalized spacial score (nSPS) is 13.3. The van der Waals surface area contributed by atoms with E-state index in [0.717, 1.165) is 11.3 Å². The molecule has 0 spiro atoms. The van der Waals surface area contributed by atoms with Crippen molar-refractivity contribution in [1.29, 1.82) is 0 Å². The Hall–Kier alpha value is -2.70. The molecule has 0 saturated carbocycles. The molecule has 1 aliphatic heterocycles. The molecule has 1 aliphatic rings. The van der Waals surface area contributed by atoms with Crippen molar-refractivity contribution >= 4 is 11.9 Å². The fraction of sp³-hybridized carbons (Fsp3) is 0.286. The molecule has 7 heteroatoms. The number of carboxylic acids is 1. The molecule has 7 nitrogen and oxygen atoms in total. The predicted molar refractivity (Wildman–Crippen MR) is 73.3 cm³/mol. The highest BCUT2D eigenvalue weighted by molar-refractivity contribution is 5.87. The van der Waals surface area contributed by atoms with Gasteiger partial charge in [-0.05, 0) is 12.1 Å². The summed E-state index contributed by atoms with van der Waals surface area (Å²) in [6, 6.07) is 3.12. The van der Waals surface area contributed by atoms with Crippen molar-refractivity contribution in [2.24, 2.45) is 0 Å². The fourth-order valence-electron chi connectivity index (χ4n) is 2.41. The highest BCUT2D eigenvalue weighted by Crippen LogP contribution is 2.29. The van der Waals surface area contributed by atoms with Gasteiger partial charge in [0.25, 0.3) is 0 Å². The third-order valence-corrected chi connectivity index (χ3v) is 3.56. The average Bonchev–Trinajstić information content (AvgIpc) is 3.06. The number of rotatable bonds is 3. The van der Waals surface area contributed by atoms with E-state index < -0.39 is 5.97 Å². The summed E-state index contributed by atoms with van der Waals surface area (Å²) in [6.07, 6.45) is 1.78. The highest BCUT2D eigenvalue weighted by atomic mass is 16.4. The van der Waals surface area contributed by atoms with Crippen LogP contribution in [0.15, 0.2) is 18.3 Å². The van der Waals surface area contributed by atoms with Gasteiger partial charge in [0.2, 0.25) is 5.91 Å². The van der Waals surface area contributed by atoms with Crippen molar-refractivity contribution < 1.29 is 14.7 Å². The largest absolute Gasteiger partial charge is 0.478 e. The number of pyridine rings is 1. The Kier molecular flexibility index (Phi) is 3.17. The number of hydrogen-bond donors (Lipinski definition) is 2. The zero-order valence-electron chi connectivity index (χ0n) is 11.5. The first-order valence-electron chi connectivity index (χ1n) is 6.63. The summed E-state index contributed by atoms with van der Waals surface area (Å²) >= 11 is 0. The van der Waals surface area contributed by atoms with E-state index >= 15 is 0 Å². The molecule has 0 aliphatic carbocycles. The number of aromatic carboxylic acids is 1. The van der Waals surface area contributed by atoms with Crippen LogP contribution in [0.3, 0.4) is 0 Å². The van der Waals surface area contributed by atoms with Gasteiger partial charge < -0.3 is 10.0 Å². The second-order valence-electron chi connectivity index (χ2n) is 4.87.